The fourth-order valence-electron chi connectivity index (χ4n) is 3.31. The van der Waals surface area contributed by atoms with Gasteiger partial charge in [-0.25, -0.2) is 0 Å². The average molecular weight is 447 g/mol. The summed E-state index contributed by atoms with van der Waals surface area (Å²) in [4.78, 5) is 0. The average Bonchev–Trinajstić information content (AvgIpc) is 2.89. The molecule has 0 spiro atoms. The molecule has 0 amide bonds. The summed E-state index contributed by atoms with van der Waals surface area (Å²) >= 11 is 0. The van der Waals surface area contributed by atoms with Gasteiger partial charge >= 0.3 is 0 Å². The summed E-state index contributed by atoms with van der Waals surface area (Å²) in [6.07, 6.45) is 0. The maximum Gasteiger partial charge on any atom is 0.212 e. The minimum absolute atomic E-state index is 0.479. The lowest BCUT2D eigenvalue weighted by Crippen LogP contribution is -1.94. The SMILES string of the molecule is c1ccc(Oc2ccc(Oc3c(Oc4ccccc4)cccc3Oc3ccccc3)cc2)cc1. The highest BCUT2D eigenvalue weighted by Crippen LogP contribution is 2.44. The van der Waals surface area contributed by atoms with E-state index in [4.69, 9.17) is 18.9 Å². The molecule has 0 N–H and O–H groups in total. The number of hydrogen-bond donors (Lipinski definition) is 0. The molecule has 0 unspecified atom stereocenters. The molecule has 0 saturated carbocycles. The molecule has 0 fully saturated rings. The zero-order valence-corrected chi connectivity index (χ0v) is 18.3. The summed E-state index contributed by atoms with van der Waals surface area (Å²) in [5, 5.41) is 0. The molecule has 166 valence electrons. The molecule has 0 heterocycles. The van der Waals surface area contributed by atoms with Crippen molar-refractivity contribution in [2.75, 3.05) is 0 Å². The number of rotatable bonds is 8. The van der Waals surface area contributed by atoms with Gasteiger partial charge in [-0.3, -0.25) is 0 Å². The molecule has 4 nitrogen and oxygen atoms in total. The zero-order valence-electron chi connectivity index (χ0n) is 18.3. The molecule has 0 radical (unpaired) electrons. The Bertz CT molecular complexity index is 1260. The Morgan fingerprint density at radius 1 is 0.265 bits per heavy atom. The molecule has 0 aromatic heterocycles. The lowest BCUT2D eigenvalue weighted by atomic mass is 10.2. The van der Waals surface area contributed by atoms with Crippen molar-refractivity contribution in [2.24, 2.45) is 0 Å². The third kappa shape index (κ3) is 5.37. The van der Waals surface area contributed by atoms with Crippen LogP contribution in [0.5, 0.6) is 46.0 Å². The van der Waals surface area contributed by atoms with Gasteiger partial charge < -0.3 is 18.9 Å². The molecule has 5 aromatic carbocycles. The summed E-state index contributed by atoms with van der Waals surface area (Å²) in [5.41, 5.74) is 0. The van der Waals surface area contributed by atoms with Gasteiger partial charge in [0, 0.05) is 0 Å². The van der Waals surface area contributed by atoms with E-state index in [1.165, 1.54) is 0 Å². The molecule has 0 atom stereocenters. The Labute approximate surface area is 198 Å². The number of benzene rings is 5. The van der Waals surface area contributed by atoms with E-state index in [-0.39, 0.29) is 0 Å². The highest BCUT2D eigenvalue weighted by atomic mass is 16.5. The summed E-state index contributed by atoms with van der Waals surface area (Å²) in [6.45, 7) is 0. The molecular weight excluding hydrogens is 424 g/mol. The second kappa shape index (κ2) is 10.3. The Hall–Kier alpha value is -4.70. The monoisotopic (exact) mass is 446 g/mol. The minimum Gasteiger partial charge on any atom is -0.457 e. The largest absolute Gasteiger partial charge is 0.457 e. The summed E-state index contributed by atoms with van der Waals surface area (Å²) in [6, 6.07) is 41.8. The maximum absolute atomic E-state index is 6.28. The molecule has 34 heavy (non-hydrogen) atoms. The molecule has 0 bridgehead atoms. The van der Waals surface area contributed by atoms with Crippen LogP contribution in [0.4, 0.5) is 0 Å². The highest BCUT2D eigenvalue weighted by molar-refractivity contribution is 5.56. The van der Waals surface area contributed by atoms with Crippen LogP contribution in [-0.4, -0.2) is 0 Å². The van der Waals surface area contributed by atoms with Gasteiger partial charge in [0.15, 0.2) is 11.5 Å². The normalized spacial score (nSPS) is 10.4. The molecule has 0 aliphatic heterocycles. The van der Waals surface area contributed by atoms with E-state index in [1.54, 1.807) is 0 Å². The van der Waals surface area contributed by atoms with Crippen molar-refractivity contribution in [2.45, 2.75) is 0 Å². The first-order valence-electron chi connectivity index (χ1n) is 10.9. The fraction of sp³-hybridized carbons (Fsp3) is 0. The smallest absolute Gasteiger partial charge is 0.212 e. The van der Waals surface area contributed by atoms with Crippen molar-refractivity contribution >= 4 is 0 Å². The predicted molar refractivity (Wildman–Crippen MR) is 133 cm³/mol. The molecule has 4 heteroatoms. The second-order valence-electron chi connectivity index (χ2n) is 7.40. The Balaban J connectivity index is 1.43. The second-order valence-corrected chi connectivity index (χ2v) is 7.40. The maximum atomic E-state index is 6.28. The summed E-state index contributed by atoms with van der Waals surface area (Å²) in [7, 11) is 0. The minimum atomic E-state index is 0.479. The Morgan fingerprint density at radius 2 is 0.618 bits per heavy atom. The van der Waals surface area contributed by atoms with Crippen LogP contribution < -0.4 is 18.9 Å². The van der Waals surface area contributed by atoms with E-state index < -0.39 is 0 Å². The lowest BCUT2D eigenvalue weighted by molar-refractivity contribution is 0.386. The summed E-state index contributed by atoms with van der Waals surface area (Å²) in [5.74, 6) is 5.10. The van der Waals surface area contributed by atoms with Crippen molar-refractivity contribution in [3.05, 3.63) is 133 Å². The van der Waals surface area contributed by atoms with Gasteiger partial charge in [-0.2, -0.15) is 0 Å². The molecule has 0 aliphatic carbocycles. The van der Waals surface area contributed by atoms with Crippen molar-refractivity contribution in [1.29, 1.82) is 0 Å². The van der Waals surface area contributed by atoms with E-state index in [0.717, 1.165) is 5.75 Å². The lowest BCUT2D eigenvalue weighted by Gasteiger charge is -2.17. The third-order valence-corrected chi connectivity index (χ3v) is 4.91. The molecule has 0 saturated heterocycles. The van der Waals surface area contributed by atoms with Crippen LogP contribution in [0.2, 0.25) is 0 Å². The standard InChI is InChI=1S/C30H22O4/c1-4-11-23(12-5-1)31-26-19-21-27(22-20-26)34-30-28(32-24-13-6-2-7-14-24)17-10-18-29(30)33-25-15-8-3-9-16-25/h1-22H. The van der Waals surface area contributed by atoms with E-state index in [9.17, 15) is 0 Å². The van der Waals surface area contributed by atoms with Crippen LogP contribution in [0.3, 0.4) is 0 Å². The van der Waals surface area contributed by atoms with Crippen molar-refractivity contribution in [3.63, 3.8) is 0 Å². The predicted octanol–water partition coefficient (Wildman–Crippen LogP) is 8.86. The van der Waals surface area contributed by atoms with Gasteiger partial charge in [-0.05, 0) is 72.8 Å². The fourth-order valence-corrected chi connectivity index (χ4v) is 3.31. The van der Waals surface area contributed by atoms with Gasteiger partial charge in [0.05, 0.1) is 0 Å². The van der Waals surface area contributed by atoms with E-state index in [0.29, 0.717) is 40.2 Å². The van der Waals surface area contributed by atoms with Crippen LogP contribution in [-0.2, 0) is 0 Å². The Kier molecular flexibility index (Phi) is 6.40. The van der Waals surface area contributed by atoms with Gasteiger partial charge in [0.1, 0.15) is 28.7 Å². The van der Waals surface area contributed by atoms with Crippen LogP contribution >= 0.6 is 0 Å². The van der Waals surface area contributed by atoms with Crippen molar-refractivity contribution < 1.29 is 18.9 Å². The molecule has 5 aromatic rings. The van der Waals surface area contributed by atoms with E-state index in [2.05, 4.69) is 0 Å². The van der Waals surface area contributed by atoms with Crippen molar-refractivity contribution in [3.8, 4) is 46.0 Å². The quantitative estimate of drug-likeness (QED) is 0.238. The third-order valence-electron chi connectivity index (χ3n) is 4.91. The topological polar surface area (TPSA) is 36.9 Å². The first kappa shape index (κ1) is 21.2. The van der Waals surface area contributed by atoms with Crippen LogP contribution in [0.1, 0.15) is 0 Å². The zero-order chi connectivity index (χ0) is 23.0. The van der Waals surface area contributed by atoms with Crippen molar-refractivity contribution in [1.82, 2.24) is 0 Å². The first-order valence-corrected chi connectivity index (χ1v) is 10.9. The Morgan fingerprint density at radius 3 is 1.06 bits per heavy atom. The van der Waals surface area contributed by atoms with Crippen LogP contribution in [0.15, 0.2) is 133 Å². The van der Waals surface area contributed by atoms with Gasteiger partial charge in [0.2, 0.25) is 5.75 Å². The highest BCUT2D eigenvalue weighted by Gasteiger charge is 2.16. The van der Waals surface area contributed by atoms with E-state index in [1.807, 2.05) is 133 Å². The van der Waals surface area contributed by atoms with Crippen LogP contribution in [0, 0.1) is 0 Å². The molecular formula is C30H22O4. The van der Waals surface area contributed by atoms with E-state index >= 15 is 0 Å². The number of ether oxygens (including phenoxy) is 4. The number of para-hydroxylation sites is 4. The van der Waals surface area contributed by atoms with Gasteiger partial charge in [0.25, 0.3) is 0 Å². The first-order chi connectivity index (χ1) is 16.8. The van der Waals surface area contributed by atoms with Gasteiger partial charge in [-0.15, -0.1) is 0 Å². The molecule has 0 aliphatic rings. The molecule has 5 rings (SSSR count). The van der Waals surface area contributed by atoms with Crippen LogP contribution in [0.25, 0.3) is 0 Å². The number of hydrogen-bond acceptors (Lipinski definition) is 4. The summed E-state index contributed by atoms with van der Waals surface area (Å²) < 4.78 is 24.4. The van der Waals surface area contributed by atoms with Gasteiger partial charge in [-0.1, -0.05) is 60.7 Å².